The van der Waals surface area contributed by atoms with Gasteiger partial charge in [0.05, 0.1) is 12.5 Å². The Morgan fingerprint density at radius 3 is 2.88 bits per heavy atom. The van der Waals surface area contributed by atoms with Crippen LogP contribution in [0.5, 0.6) is 0 Å². The maximum atomic E-state index is 11.9. The van der Waals surface area contributed by atoms with E-state index in [4.69, 9.17) is 0 Å². The first-order valence-corrected chi connectivity index (χ1v) is 5.42. The lowest BCUT2D eigenvalue weighted by Crippen LogP contribution is -2.25. The van der Waals surface area contributed by atoms with E-state index in [1.807, 2.05) is 26.2 Å². The number of imidazole rings is 1. The molecule has 0 spiro atoms. The van der Waals surface area contributed by atoms with Gasteiger partial charge in [0.1, 0.15) is 0 Å². The molecule has 2 heterocycles. The lowest BCUT2D eigenvalue weighted by atomic mass is 10.1. The van der Waals surface area contributed by atoms with Crippen molar-refractivity contribution >= 4 is 11.9 Å². The topological polar surface area (TPSA) is 64.7 Å². The van der Waals surface area contributed by atoms with Crippen molar-refractivity contribution in [2.45, 2.75) is 13.5 Å². The Labute approximate surface area is 99.3 Å². The van der Waals surface area contributed by atoms with Crippen LogP contribution in [-0.2, 0) is 18.4 Å². The van der Waals surface area contributed by atoms with E-state index in [0.29, 0.717) is 12.5 Å². The van der Waals surface area contributed by atoms with Crippen LogP contribution in [0.4, 0.5) is 5.95 Å². The zero-order valence-corrected chi connectivity index (χ0v) is 9.87. The molecule has 1 unspecified atom stereocenters. The monoisotopic (exact) mass is 233 g/mol. The van der Waals surface area contributed by atoms with E-state index in [0.717, 1.165) is 0 Å². The second kappa shape index (κ2) is 4.82. The number of aromatic nitrogens is 4. The molecule has 0 bridgehead atoms. The Bertz CT molecular complexity index is 488. The molecule has 17 heavy (non-hydrogen) atoms. The molecular weight excluding hydrogens is 218 g/mol. The minimum atomic E-state index is -0.161. The highest BCUT2D eigenvalue weighted by molar-refractivity contribution is 5.90. The number of nitrogens with one attached hydrogen (secondary N) is 1. The Morgan fingerprint density at radius 1 is 1.47 bits per heavy atom. The number of aryl methyl sites for hydroxylation is 1. The van der Waals surface area contributed by atoms with E-state index in [2.05, 4.69) is 15.4 Å². The SMILES string of the molecule is CC(Cn1cccn1)C(=O)Nc1nccn1C. The minimum Gasteiger partial charge on any atom is -0.320 e. The van der Waals surface area contributed by atoms with Crippen LogP contribution in [0.15, 0.2) is 30.9 Å². The molecule has 0 aliphatic rings. The molecule has 1 amide bonds. The van der Waals surface area contributed by atoms with Crippen molar-refractivity contribution in [3.63, 3.8) is 0 Å². The minimum absolute atomic E-state index is 0.0604. The number of nitrogens with zero attached hydrogens (tertiary/aromatic N) is 4. The third kappa shape index (κ3) is 2.72. The van der Waals surface area contributed by atoms with E-state index < -0.39 is 0 Å². The highest BCUT2D eigenvalue weighted by atomic mass is 16.2. The summed E-state index contributed by atoms with van der Waals surface area (Å²) >= 11 is 0. The zero-order valence-electron chi connectivity index (χ0n) is 9.87. The van der Waals surface area contributed by atoms with Crippen LogP contribution in [0.2, 0.25) is 0 Å². The van der Waals surface area contributed by atoms with Crippen molar-refractivity contribution in [2.24, 2.45) is 13.0 Å². The summed E-state index contributed by atoms with van der Waals surface area (Å²) in [6.07, 6.45) is 6.97. The first-order chi connectivity index (χ1) is 8.16. The third-order valence-corrected chi connectivity index (χ3v) is 2.52. The summed E-state index contributed by atoms with van der Waals surface area (Å²) in [5.74, 6) is 0.337. The fourth-order valence-electron chi connectivity index (χ4n) is 1.49. The molecular formula is C11H15N5O. The molecule has 0 saturated carbocycles. The fourth-order valence-corrected chi connectivity index (χ4v) is 1.49. The molecule has 0 saturated heterocycles. The molecule has 1 N–H and O–H groups in total. The summed E-state index contributed by atoms with van der Waals surface area (Å²) in [6.45, 7) is 2.42. The van der Waals surface area contributed by atoms with E-state index in [-0.39, 0.29) is 11.8 Å². The summed E-state index contributed by atoms with van der Waals surface area (Å²) in [5, 5.41) is 6.84. The van der Waals surface area contributed by atoms with Gasteiger partial charge in [0.15, 0.2) is 0 Å². The van der Waals surface area contributed by atoms with E-state index in [9.17, 15) is 4.79 Å². The van der Waals surface area contributed by atoms with Gasteiger partial charge in [0.25, 0.3) is 0 Å². The molecule has 2 rings (SSSR count). The average molecular weight is 233 g/mol. The van der Waals surface area contributed by atoms with Crippen molar-refractivity contribution in [3.05, 3.63) is 30.9 Å². The Kier molecular flexibility index (Phi) is 3.22. The van der Waals surface area contributed by atoms with E-state index >= 15 is 0 Å². The third-order valence-electron chi connectivity index (χ3n) is 2.52. The van der Waals surface area contributed by atoms with Gasteiger partial charge in [0.2, 0.25) is 11.9 Å². The largest absolute Gasteiger partial charge is 0.320 e. The van der Waals surface area contributed by atoms with Crippen LogP contribution in [0, 0.1) is 5.92 Å². The summed E-state index contributed by atoms with van der Waals surface area (Å²) in [5.41, 5.74) is 0. The van der Waals surface area contributed by atoms with Crippen LogP contribution in [0.1, 0.15) is 6.92 Å². The van der Waals surface area contributed by atoms with Crippen molar-refractivity contribution in [3.8, 4) is 0 Å². The normalized spacial score (nSPS) is 12.4. The van der Waals surface area contributed by atoms with Crippen molar-refractivity contribution in [1.82, 2.24) is 19.3 Å². The number of anilines is 1. The van der Waals surface area contributed by atoms with Crippen molar-refractivity contribution < 1.29 is 4.79 Å². The quantitative estimate of drug-likeness (QED) is 0.853. The summed E-state index contributed by atoms with van der Waals surface area (Å²) in [4.78, 5) is 15.9. The van der Waals surface area contributed by atoms with Gasteiger partial charge in [0, 0.05) is 31.8 Å². The summed E-state index contributed by atoms with van der Waals surface area (Å²) in [7, 11) is 1.83. The number of hydrogen-bond acceptors (Lipinski definition) is 3. The molecule has 1 atom stereocenters. The maximum Gasteiger partial charge on any atom is 0.231 e. The molecule has 0 fully saturated rings. The molecule has 0 aliphatic heterocycles. The first kappa shape index (κ1) is 11.4. The van der Waals surface area contributed by atoms with Crippen molar-refractivity contribution in [1.29, 1.82) is 0 Å². The van der Waals surface area contributed by atoms with Crippen LogP contribution in [0.3, 0.4) is 0 Å². The predicted molar refractivity (Wildman–Crippen MR) is 63.2 cm³/mol. The van der Waals surface area contributed by atoms with Crippen LogP contribution < -0.4 is 5.32 Å². The van der Waals surface area contributed by atoms with Crippen LogP contribution >= 0.6 is 0 Å². The number of carbonyl (C=O) groups excluding carboxylic acids is 1. The van der Waals surface area contributed by atoms with Crippen molar-refractivity contribution in [2.75, 3.05) is 5.32 Å². The predicted octanol–water partition coefficient (Wildman–Crippen LogP) is 0.891. The summed E-state index contributed by atoms with van der Waals surface area (Å²) < 4.78 is 3.50. The Morgan fingerprint density at radius 2 is 2.29 bits per heavy atom. The van der Waals surface area contributed by atoms with Gasteiger partial charge in [-0.05, 0) is 6.07 Å². The molecule has 6 heteroatoms. The number of hydrogen-bond donors (Lipinski definition) is 1. The fraction of sp³-hybridized carbons (Fsp3) is 0.364. The highest BCUT2D eigenvalue weighted by Gasteiger charge is 2.15. The number of amides is 1. The van der Waals surface area contributed by atoms with Gasteiger partial charge in [-0.3, -0.25) is 14.8 Å². The maximum absolute atomic E-state index is 11.9. The molecule has 2 aromatic heterocycles. The summed E-state index contributed by atoms with van der Waals surface area (Å²) in [6, 6.07) is 1.84. The molecule has 0 aromatic carbocycles. The van der Waals surface area contributed by atoms with Crippen LogP contribution in [0.25, 0.3) is 0 Å². The lowest BCUT2D eigenvalue weighted by Gasteiger charge is -2.11. The van der Waals surface area contributed by atoms with E-state index in [1.165, 1.54) is 0 Å². The Hall–Kier alpha value is -2.11. The smallest absolute Gasteiger partial charge is 0.231 e. The van der Waals surface area contributed by atoms with Gasteiger partial charge in [-0.25, -0.2) is 4.98 Å². The van der Waals surface area contributed by atoms with Gasteiger partial charge in [-0.15, -0.1) is 0 Å². The number of carbonyl (C=O) groups is 1. The second-order valence-corrected chi connectivity index (χ2v) is 3.98. The van der Waals surface area contributed by atoms with E-state index in [1.54, 1.807) is 27.8 Å². The standard InChI is InChI=1S/C11H15N5O/c1-9(8-16-6-3-4-13-16)10(17)14-11-12-5-7-15(11)2/h3-7,9H,8H2,1-2H3,(H,12,14,17). The first-order valence-electron chi connectivity index (χ1n) is 5.42. The molecule has 6 nitrogen and oxygen atoms in total. The lowest BCUT2D eigenvalue weighted by molar-refractivity contribution is -0.119. The van der Waals surface area contributed by atoms with Gasteiger partial charge < -0.3 is 4.57 Å². The molecule has 90 valence electrons. The number of rotatable bonds is 4. The van der Waals surface area contributed by atoms with Gasteiger partial charge >= 0.3 is 0 Å². The van der Waals surface area contributed by atoms with Crippen LogP contribution in [-0.4, -0.2) is 25.2 Å². The zero-order chi connectivity index (χ0) is 12.3. The van der Waals surface area contributed by atoms with Gasteiger partial charge in [-0.1, -0.05) is 6.92 Å². The Balaban J connectivity index is 1.94. The second-order valence-electron chi connectivity index (χ2n) is 3.98. The molecule has 2 aromatic rings. The van der Waals surface area contributed by atoms with Gasteiger partial charge in [-0.2, -0.15) is 5.10 Å². The average Bonchev–Trinajstić information content (AvgIpc) is 2.91. The molecule has 0 aliphatic carbocycles. The highest BCUT2D eigenvalue weighted by Crippen LogP contribution is 2.06. The molecule has 0 radical (unpaired) electrons.